The van der Waals surface area contributed by atoms with Gasteiger partial charge >= 0.3 is 0 Å². The summed E-state index contributed by atoms with van der Waals surface area (Å²) in [6.07, 6.45) is 3.05. The van der Waals surface area contributed by atoms with E-state index in [0.29, 0.717) is 21.5 Å². The van der Waals surface area contributed by atoms with E-state index in [1.165, 1.54) is 0 Å². The topological polar surface area (TPSA) is 29.1 Å². The number of hydrogen-bond acceptors (Lipinski definition) is 1. The van der Waals surface area contributed by atoms with Crippen molar-refractivity contribution in [1.82, 2.24) is 5.32 Å². The molecular formula is C15H21Cl2NO. The lowest BCUT2D eigenvalue weighted by Gasteiger charge is -2.24. The molecule has 0 saturated heterocycles. The van der Waals surface area contributed by atoms with Crippen LogP contribution < -0.4 is 5.32 Å². The van der Waals surface area contributed by atoms with Crippen LogP contribution in [0.15, 0.2) is 18.2 Å². The smallest absolute Gasteiger partial charge is 0.253 e. The minimum Gasteiger partial charge on any atom is -0.349 e. The summed E-state index contributed by atoms with van der Waals surface area (Å²) in [4.78, 5) is 12.3. The van der Waals surface area contributed by atoms with Gasteiger partial charge in [-0.2, -0.15) is 0 Å². The molecule has 0 fully saturated rings. The van der Waals surface area contributed by atoms with Crippen molar-refractivity contribution in [3.8, 4) is 0 Å². The van der Waals surface area contributed by atoms with E-state index in [1.807, 2.05) is 0 Å². The van der Waals surface area contributed by atoms with Gasteiger partial charge in [0.05, 0.1) is 10.6 Å². The summed E-state index contributed by atoms with van der Waals surface area (Å²) in [5.41, 5.74) is 0.443. The van der Waals surface area contributed by atoms with Gasteiger partial charge in [-0.05, 0) is 30.5 Å². The van der Waals surface area contributed by atoms with Gasteiger partial charge in [-0.3, -0.25) is 4.79 Å². The standard InChI is InChI=1S/C15H21Cl2NO/c1-4-6-14(10(3)5-2)18-15(19)12-9-11(16)7-8-13(12)17/h7-10,14H,4-6H2,1-3H3,(H,18,19). The van der Waals surface area contributed by atoms with Crippen LogP contribution in [-0.2, 0) is 0 Å². The number of halogens is 2. The van der Waals surface area contributed by atoms with Crippen LogP contribution in [0.5, 0.6) is 0 Å². The quantitative estimate of drug-likeness (QED) is 0.792. The first-order valence-electron chi connectivity index (χ1n) is 6.75. The van der Waals surface area contributed by atoms with Gasteiger partial charge in [0, 0.05) is 11.1 Å². The van der Waals surface area contributed by atoms with E-state index >= 15 is 0 Å². The minimum absolute atomic E-state index is 0.147. The highest BCUT2D eigenvalue weighted by Crippen LogP contribution is 2.21. The summed E-state index contributed by atoms with van der Waals surface area (Å²) in [5.74, 6) is 0.299. The van der Waals surface area contributed by atoms with Gasteiger partial charge in [0.1, 0.15) is 0 Å². The van der Waals surface area contributed by atoms with Crippen molar-refractivity contribution < 1.29 is 4.79 Å². The molecule has 106 valence electrons. The van der Waals surface area contributed by atoms with Crippen LogP contribution in [0.4, 0.5) is 0 Å². The van der Waals surface area contributed by atoms with Crippen molar-refractivity contribution in [1.29, 1.82) is 0 Å². The molecule has 1 aromatic rings. The van der Waals surface area contributed by atoms with Crippen molar-refractivity contribution in [2.24, 2.45) is 5.92 Å². The van der Waals surface area contributed by atoms with Crippen molar-refractivity contribution in [2.75, 3.05) is 0 Å². The van der Waals surface area contributed by atoms with Crippen molar-refractivity contribution in [3.63, 3.8) is 0 Å². The Kier molecular flexibility index (Phi) is 6.67. The predicted molar refractivity (Wildman–Crippen MR) is 82.1 cm³/mol. The maximum absolute atomic E-state index is 12.3. The summed E-state index contributed by atoms with van der Waals surface area (Å²) in [7, 11) is 0. The van der Waals surface area contributed by atoms with E-state index in [0.717, 1.165) is 19.3 Å². The summed E-state index contributed by atoms with van der Waals surface area (Å²) in [5, 5.41) is 4.02. The third-order valence-corrected chi connectivity index (χ3v) is 3.98. The van der Waals surface area contributed by atoms with E-state index < -0.39 is 0 Å². The Morgan fingerprint density at radius 3 is 2.58 bits per heavy atom. The average molecular weight is 302 g/mol. The molecule has 0 aliphatic rings. The molecule has 0 radical (unpaired) electrons. The number of amides is 1. The van der Waals surface area contributed by atoms with E-state index in [4.69, 9.17) is 23.2 Å². The van der Waals surface area contributed by atoms with Gasteiger partial charge in [-0.25, -0.2) is 0 Å². The minimum atomic E-state index is -0.147. The van der Waals surface area contributed by atoms with Gasteiger partial charge < -0.3 is 5.32 Å². The van der Waals surface area contributed by atoms with Crippen molar-refractivity contribution in [3.05, 3.63) is 33.8 Å². The van der Waals surface area contributed by atoms with E-state index in [-0.39, 0.29) is 11.9 Å². The highest BCUT2D eigenvalue weighted by molar-refractivity contribution is 6.35. The lowest BCUT2D eigenvalue weighted by atomic mass is 9.95. The van der Waals surface area contributed by atoms with E-state index in [2.05, 4.69) is 26.1 Å². The molecule has 0 spiro atoms. The Morgan fingerprint density at radius 2 is 2.00 bits per heavy atom. The summed E-state index contributed by atoms with van der Waals surface area (Å²) in [6, 6.07) is 5.12. The Hall–Kier alpha value is -0.730. The number of benzene rings is 1. The van der Waals surface area contributed by atoms with Crippen LogP contribution in [0.25, 0.3) is 0 Å². The fourth-order valence-electron chi connectivity index (χ4n) is 2.01. The second kappa shape index (κ2) is 7.76. The summed E-state index contributed by atoms with van der Waals surface area (Å²) >= 11 is 12.0. The van der Waals surface area contributed by atoms with Crippen LogP contribution >= 0.6 is 23.2 Å². The third kappa shape index (κ3) is 4.70. The largest absolute Gasteiger partial charge is 0.349 e. The Bertz CT molecular complexity index is 434. The predicted octanol–water partition coefficient (Wildman–Crippen LogP) is 4.94. The third-order valence-electron chi connectivity index (χ3n) is 3.42. The highest BCUT2D eigenvalue weighted by Gasteiger charge is 2.19. The van der Waals surface area contributed by atoms with Crippen LogP contribution in [0, 0.1) is 5.92 Å². The van der Waals surface area contributed by atoms with Crippen molar-refractivity contribution in [2.45, 2.75) is 46.1 Å². The van der Waals surface area contributed by atoms with E-state index in [1.54, 1.807) is 18.2 Å². The highest BCUT2D eigenvalue weighted by atomic mass is 35.5. The zero-order chi connectivity index (χ0) is 14.4. The molecule has 0 bridgehead atoms. The fraction of sp³-hybridized carbons (Fsp3) is 0.533. The molecule has 4 heteroatoms. The lowest BCUT2D eigenvalue weighted by molar-refractivity contribution is 0.0920. The fourth-order valence-corrected chi connectivity index (χ4v) is 2.39. The molecule has 0 aliphatic heterocycles. The second-order valence-corrected chi connectivity index (χ2v) is 5.72. The lowest BCUT2D eigenvalue weighted by Crippen LogP contribution is -2.39. The molecule has 0 aliphatic carbocycles. The normalized spacial score (nSPS) is 13.9. The molecule has 2 unspecified atom stereocenters. The number of carbonyl (C=O) groups is 1. The number of carbonyl (C=O) groups excluding carboxylic acids is 1. The van der Waals surface area contributed by atoms with Crippen LogP contribution in [0.3, 0.4) is 0 Å². The summed E-state index contributed by atoms with van der Waals surface area (Å²) < 4.78 is 0. The number of nitrogens with one attached hydrogen (secondary N) is 1. The maximum atomic E-state index is 12.3. The molecule has 0 heterocycles. The molecule has 1 rings (SSSR count). The van der Waals surface area contributed by atoms with Crippen LogP contribution in [0.1, 0.15) is 50.4 Å². The monoisotopic (exact) mass is 301 g/mol. The molecule has 2 atom stereocenters. The van der Waals surface area contributed by atoms with Crippen LogP contribution in [-0.4, -0.2) is 11.9 Å². The van der Waals surface area contributed by atoms with Crippen LogP contribution in [0.2, 0.25) is 10.0 Å². The zero-order valence-corrected chi connectivity index (χ0v) is 13.2. The van der Waals surface area contributed by atoms with Gasteiger partial charge in [-0.15, -0.1) is 0 Å². The summed E-state index contributed by atoms with van der Waals surface area (Å²) in [6.45, 7) is 6.40. The van der Waals surface area contributed by atoms with Gasteiger partial charge in [-0.1, -0.05) is 56.8 Å². The SMILES string of the molecule is CCCC(NC(=O)c1cc(Cl)ccc1Cl)C(C)CC. The Labute approximate surface area is 125 Å². The number of hydrogen-bond donors (Lipinski definition) is 1. The van der Waals surface area contributed by atoms with Crippen molar-refractivity contribution >= 4 is 29.1 Å². The van der Waals surface area contributed by atoms with E-state index in [9.17, 15) is 4.79 Å². The molecule has 0 saturated carbocycles. The first-order valence-corrected chi connectivity index (χ1v) is 7.51. The van der Waals surface area contributed by atoms with Gasteiger partial charge in [0.25, 0.3) is 5.91 Å². The average Bonchev–Trinajstić information content (AvgIpc) is 2.40. The molecule has 1 aromatic carbocycles. The molecule has 0 aromatic heterocycles. The van der Waals surface area contributed by atoms with Gasteiger partial charge in [0.2, 0.25) is 0 Å². The number of rotatable bonds is 6. The Balaban J connectivity index is 2.84. The molecular weight excluding hydrogens is 281 g/mol. The molecule has 1 N–H and O–H groups in total. The first kappa shape index (κ1) is 16.3. The Morgan fingerprint density at radius 1 is 1.32 bits per heavy atom. The molecule has 19 heavy (non-hydrogen) atoms. The zero-order valence-electron chi connectivity index (χ0n) is 11.7. The molecule has 2 nitrogen and oxygen atoms in total. The second-order valence-electron chi connectivity index (χ2n) is 4.88. The van der Waals surface area contributed by atoms with Gasteiger partial charge in [0.15, 0.2) is 0 Å². The molecule has 1 amide bonds. The first-order chi connectivity index (χ1) is 8.99. The maximum Gasteiger partial charge on any atom is 0.253 e.